The second-order valence-electron chi connectivity index (χ2n) is 5.61. The Morgan fingerprint density at radius 2 is 2.12 bits per heavy atom. The Hall–Kier alpha value is -2.47. The van der Waals surface area contributed by atoms with E-state index in [1.165, 1.54) is 4.90 Å². The van der Waals surface area contributed by atoms with Crippen LogP contribution in [0.25, 0.3) is 10.6 Å². The first-order valence-electron chi connectivity index (χ1n) is 7.68. The first-order chi connectivity index (χ1) is 11.4. The van der Waals surface area contributed by atoms with Gasteiger partial charge in [0.25, 0.3) is 0 Å². The van der Waals surface area contributed by atoms with E-state index in [1.54, 1.807) is 17.4 Å². The number of benzene rings is 1. The number of carbonyl (C=O) groups is 2. The van der Waals surface area contributed by atoms with Gasteiger partial charge in [-0.05, 0) is 32.9 Å². The number of aromatic nitrogens is 1. The van der Waals surface area contributed by atoms with E-state index in [0.29, 0.717) is 18.8 Å². The molecule has 0 aliphatic rings. The highest BCUT2D eigenvalue weighted by Gasteiger charge is 2.20. The van der Waals surface area contributed by atoms with Crippen molar-refractivity contribution in [1.82, 2.24) is 9.88 Å². The number of thiazole rings is 1. The van der Waals surface area contributed by atoms with E-state index in [9.17, 15) is 9.59 Å². The summed E-state index contributed by atoms with van der Waals surface area (Å²) >= 11 is 1.54. The lowest BCUT2D eigenvalue weighted by Gasteiger charge is -2.20. The number of carbonyl (C=O) groups excluding carboxylic acids is 2. The highest BCUT2D eigenvalue weighted by molar-refractivity contribution is 7.13. The summed E-state index contributed by atoms with van der Waals surface area (Å²) in [5.41, 5.74) is 3.27. The van der Waals surface area contributed by atoms with Crippen LogP contribution < -0.4 is 5.32 Å². The molecule has 24 heavy (non-hydrogen) atoms. The molecule has 0 radical (unpaired) electrons. The molecule has 1 N–H and O–H groups in total. The van der Waals surface area contributed by atoms with Crippen LogP contribution in [-0.4, -0.2) is 34.8 Å². The predicted molar refractivity (Wildman–Crippen MR) is 98.0 cm³/mol. The van der Waals surface area contributed by atoms with Crippen molar-refractivity contribution in [3.05, 3.63) is 47.5 Å². The first kappa shape index (κ1) is 17.9. The van der Waals surface area contributed by atoms with E-state index in [1.807, 2.05) is 44.4 Å². The molecule has 0 saturated heterocycles. The predicted octanol–water partition coefficient (Wildman–Crippen LogP) is 3.48. The number of anilines is 1. The summed E-state index contributed by atoms with van der Waals surface area (Å²) in [5, 5.41) is 5.52. The molecular weight excluding hydrogens is 322 g/mol. The van der Waals surface area contributed by atoms with Crippen molar-refractivity contribution in [2.45, 2.75) is 20.8 Å². The zero-order valence-corrected chi connectivity index (χ0v) is 14.9. The SMILES string of the molecule is C=C(C)CN(CC)C(=O)C(=O)Nc1cccc(-c2nc(C)cs2)c1. The van der Waals surface area contributed by atoms with Gasteiger partial charge in [-0.2, -0.15) is 0 Å². The van der Waals surface area contributed by atoms with Gasteiger partial charge in [0.2, 0.25) is 0 Å². The number of hydrogen-bond acceptors (Lipinski definition) is 4. The van der Waals surface area contributed by atoms with Gasteiger partial charge in [0.15, 0.2) is 0 Å². The third-order valence-electron chi connectivity index (χ3n) is 3.31. The summed E-state index contributed by atoms with van der Waals surface area (Å²) in [6, 6.07) is 7.33. The summed E-state index contributed by atoms with van der Waals surface area (Å²) in [6.07, 6.45) is 0. The molecule has 6 heteroatoms. The summed E-state index contributed by atoms with van der Waals surface area (Å²) in [6.45, 7) is 10.2. The monoisotopic (exact) mass is 343 g/mol. The molecule has 0 unspecified atom stereocenters. The maximum atomic E-state index is 12.2. The zero-order chi connectivity index (χ0) is 17.7. The normalized spacial score (nSPS) is 10.3. The lowest BCUT2D eigenvalue weighted by molar-refractivity contribution is -0.142. The average Bonchev–Trinajstić information content (AvgIpc) is 2.98. The van der Waals surface area contributed by atoms with Crippen molar-refractivity contribution >= 4 is 28.8 Å². The summed E-state index contributed by atoms with van der Waals surface area (Å²) in [4.78, 5) is 30.3. The van der Waals surface area contributed by atoms with Gasteiger partial charge in [-0.25, -0.2) is 4.98 Å². The summed E-state index contributed by atoms with van der Waals surface area (Å²) in [7, 11) is 0. The van der Waals surface area contributed by atoms with Crippen LogP contribution in [0.2, 0.25) is 0 Å². The number of likely N-dealkylation sites (N-methyl/N-ethyl adjacent to an activating group) is 1. The van der Waals surface area contributed by atoms with Crippen LogP contribution in [0.4, 0.5) is 5.69 Å². The Bertz CT molecular complexity index is 767. The molecule has 2 aromatic rings. The van der Waals surface area contributed by atoms with Crippen LogP contribution in [0.3, 0.4) is 0 Å². The summed E-state index contributed by atoms with van der Waals surface area (Å²) < 4.78 is 0. The third-order valence-corrected chi connectivity index (χ3v) is 4.32. The van der Waals surface area contributed by atoms with E-state index >= 15 is 0 Å². The van der Waals surface area contributed by atoms with Crippen LogP contribution in [0, 0.1) is 6.92 Å². The lowest BCUT2D eigenvalue weighted by atomic mass is 10.2. The van der Waals surface area contributed by atoms with Gasteiger partial charge < -0.3 is 10.2 Å². The van der Waals surface area contributed by atoms with E-state index < -0.39 is 11.8 Å². The van der Waals surface area contributed by atoms with Gasteiger partial charge in [0.05, 0.1) is 0 Å². The van der Waals surface area contributed by atoms with Crippen LogP contribution in [0.1, 0.15) is 19.5 Å². The lowest BCUT2D eigenvalue weighted by Crippen LogP contribution is -2.40. The highest BCUT2D eigenvalue weighted by Crippen LogP contribution is 2.25. The third kappa shape index (κ3) is 4.52. The Morgan fingerprint density at radius 1 is 1.38 bits per heavy atom. The number of hydrogen-bond donors (Lipinski definition) is 1. The van der Waals surface area contributed by atoms with Crippen LogP contribution in [0.15, 0.2) is 41.8 Å². The minimum absolute atomic E-state index is 0.376. The largest absolute Gasteiger partial charge is 0.331 e. The highest BCUT2D eigenvalue weighted by atomic mass is 32.1. The zero-order valence-electron chi connectivity index (χ0n) is 14.1. The van der Waals surface area contributed by atoms with E-state index in [2.05, 4.69) is 16.9 Å². The smallest absolute Gasteiger partial charge is 0.313 e. The second-order valence-corrected chi connectivity index (χ2v) is 6.46. The van der Waals surface area contributed by atoms with Gasteiger partial charge in [-0.1, -0.05) is 24.3 Å². The molecule has 2 rings (SSSR count). The number of rotatable bonds is 5. The Morgan fingerprint density at radius 3 is 2.71 bits per heavy atom. The van der Waals surface area contributed by atoms with Crippen LogP contribution in [0.5, 0.6) is 0 Å². The molecule has 2 amide bonds. The number of nitrogens with one attached hydrogen (secondary N) is 1. The van der Waals surface area contributed by atoms with Gasteiger partial charge in [0, 0.05) is 35.4 Å². The fraction of sp³-hybridized carbons (Fsp3) is 0.278. The molecule has 0 fully saturated rings. The van der Waals surface area contributed by atoms with Gasteiger partial charge in [0.1, 0.15) is 5.01 Å². The summed E-state index contributed by atoms with van der Waals surface area (Å²) in [5.74, 6) is -1.21. The van der Waals surface area contributed by atoms with Crippen molar-refractivity contribution in [3.63, 3.8) is 0 Å². The number of aryl methyl sites for hydroxylation is 1. The molecule has 1 aromatic heterocycles. The van der Waals surface area contributed by atoms with Crippen LogP contribution >= 0.6 is 11.3 Å². The van der Waals surface area contributed by atoms with Crippen molar-refractivity contribution in [2.75, 3.05) is 18.4 Å². The molecule has 0 aliphatic heterocycles. The molecule has 0 spiro atoms. The van der Waals surface area contributed by atoms with Gasteiger partial charge >= 0.3 is 11.8 Å². The number of amides is 2. The average molecular weight is 343 g/mol. The molecule has 0 saturated carbocycles. The maximum Gasteiger partial charge on any atom is 0.313 e. The molecule has 0 bridgehead atoms. The molecule has 0 atom stereocenters. The fourth-order valence-corrected chi connectivity index (χ4v) is 2.99. The van der Waals surface area contributed by atoms with Gasteiger partial charge in [-0.15, -0.1) is 11.3 Å². The molecule has 0 aliphatic carbocycles. The van der Waals surface area contributed by atoms with Crippen molar-refractivity contribution in [2.24, 2.45) is 0 Å². The Balaban J connectivity index is 2.11. The molecule has 126 valence electrons. The van der Waals surface area contributed by atoms with Crippen molar-refractivity contribution < 1.29 is 9.59 Å². The first-order valence-corrected chi connectivity index (χ1v) is 8.56. The molecular formula is C18H21N3O2S. The fourth-order valence-electron chi connectivity index (χ4n) is 2.20. The molecule has 1 aromatic carbocycles. The molecule has 1 heterocycles. The second kappa shape index (κ2) is 7.88. The number of nitrogens with zero attached hydrogens (tertiary/aromatic N) is 2. The van der Waals surface area contributed by atoms with Gasteiger partial charge in [-0.3, -0.25) is 9.59 Å². The maximum absolute atomic E-state index is 12.2. The Labute approximate surface area is 146 Å². The standard InChI is InChI=1S/C18H21N3O2S/c1-5-21(10-12(2)3)18(23)16(22)20-15-8-6-7-14(9-15)17-19-13(4)11-24-17/h6-9,11H,2,5,10H2,1,3-4H3,(H,20,22). The van der Waals surface area contributed by atoms with E-state index in [4.69, 9.17) is 0 Å². The van der Waals surface area contributed by atoms with E-state index in [0.717, 1.165) is 21.8 Å². The van der Waals surface area contributed by atoms with Crippen molar-refractivity contribution in [1.29, 1.82) is 0 Å². The van der Waals surface area contributed by atoms with E-state index in [-0.39, 0.29) is 0 Å². The van der Waals surface area contributed by atoms with Crippen molar-refractivity contribution in [3.8, 4) is 10.6 Å². The quantitative estimate of drug-likeness (QED) is 0.668. The Kier molecular flexibility index (Phi) is 5.87. The minimum atomic E-state index is -0.648. The molecule has 5 nitrogen and oxygen atoms in total. The van der Waals surface area contributed by atoms with Crippen LogP contribution in [-0.2, 0) is 9.59 Å². The minimum Gasteiger partial charge on any atom is -0.331 e. The topological polar surface area (TPSA) is 62.3 Å².